The summed E-state index contributed by atoms with van der Waals surface area (Å²) in [6.45, 7) is 4.24. The second kappa shape index (κ2) is 7.09. The van der Waals surface area contributed by atoms with Gasteiger partial charge in [0.2, 0.25) is 0 Å². The molecular weight excluding hydrogens is 356 g/mol. The van der Waals surface area contributed by atoms with Gasteiger partial charge in [-0.2, -0.15) is 0 Å². The quantitative estimate of drug-likeness (QED) is 0.607. The molecule has 1 aliphatic rings. The molecule has 1 aliphatic heterocycles. The molecule has 1 amide bonds. The number of hydrogen-bond donors (Lipinski definition) is 1. The Hall–Kier alpha value is -2.78. The Kier molecular flexibility index (Phi) is 4.63. The van der Waals surface area contributed by atoms with E-state index in [-0.39, 0.29) is 12.1 Å². The Balaban J connectivity index is 1.82. The molecule has 0 aliphatic carbocycles. The zero-order chi connectivity index (χ0) is 19.0. The fourth-order valence-corrected chi connectivity index (χ4v) is 3.82. The molecule has 27 heavy (non-hydrogen) atoms. The number of aryl methyl sites for hydroxylation is 2. The third-order valence-electron chi connectivity index (χ3n) is 5.09. The topological polar surface area (TPSA) is 32.3 Å². The van der Waals surface area contributed by atoms with E-state index in [1.807, 2.05) is 53.4 Å². The minimum atomic E-state index is -0.263. The first-order chi connectivity index (χ1) is 13.1. The van der Waals surface area contributed by atoms with Crippen molar-refractivity contribution < 1.29 is 4.79 Å². The van der Waals surface area contributed by atoms with Crippen LogP contribution in [0.25, 0.3) is 0 Å². The van der Waals surface area contributed by atoms with Crippen LogP contribution in [0, 0.1) is 6.92 Å². The third-order valence-corrected chi connectivity index (χ3v) is 5.34. The van der Waals surface area contributed by atoms with Gasteiger partial charge in [-0.25, -0.2) is 0 Å². The number of nitrogens with zero attached hydrogens (tertiary/aromatic N) is 1. The fraction of sp³-hybridized carbons (Fsp3) is 0.174. The van der Waals surface area contributed by atoms with Crippen LogP contribution < -0.4 is 10.2 Å². The van der Waals surface area contributed by atoms with Gasteiger partial charge in [0.25, 0.3) is 5.91 Å². The molecule has 4 rings (SSSR count). The molecule has 0 saturated heterocycles. The van der Waals surface area contributed by atoms with Crippen molar-refractivity contribution in [3.05, 3.63) is 94.0 Å². The number of anilines is 2. The largest absolute Gasteiger partial charge is 0.361 e. The maximum atomic E-state index is 13.2. The van der Waals surface area contributed by atoms with Crippen LogP contribution in [0.4, 0.5) is 11.4 Å². The van der Waals surface area contributed by atoms with Crippen LogP contribution in [-0.2, 0) is 6.42 Å². The van der Waals surface area contributed by atoms with Crippen LogP contribution in [-0.4, -0.2) is 5.91 Å². The number of nitrogens with one attached hydrogen (secondary N) is 1. The maximum absolute atomic E-state index is 13.2. The van der Waals surface area contributed by atoms with Crippen LogP contribution in [0.15, 0.2) is 66.7 Å². The van der Waals surface area contributed by atoms with Crippen molar-refractivity contribution in [2.24, 2.45) is 0 Å². The normalized spacial score (nSPS) is 15.7. The lowest BCUT2D eigenvalue weighted by molar-refractivity contribution is 0.0993. The summed E-state index contributed by atoms with van der Waals surface area (Å²) in [5.41, 5.74) is 6.04. The Morgan fingerprint density at radius 2 is 1.74 bits per heavy atom. The number of halogens is 1. The number of benzene rings is 3. The first-order valence-electron chi connectivity index (χ1n) is 9.13. The molecule has 3 nitrogen and oxygen atoms in total. The van der Waals surface area contributed by atoms with Gasteiger partial charge in [0.05, 0.1) is 0 Å². The Morgan fingerprint density at radius 3 is 2.48 bits per heavy atom. The summed E-state index contributed by atoms with van der Waals surface area (Å²) in [6.07, 6.45) is 0.661. The van der Waals surface area contributed by atoms with Crippen LogP contribution in [0.3, 0.4) is 0 Å². The number of para-hydroxylation sites is 1. The molecule has 1 N–H and O–H groups in total. The predicted octanol–water partition coefficient (Wildman–Crippen LogP) is 5.98. The summed E-state index contributed by atoms with van der Waals surface area (Å²) in [6, 6.07) is 21.5. The highest BCUT2D eigenvalue weighted by molar-refractivity contribution is 6.30. The fourth-order valence-electron chi connectivity index (χ4n) is 3.69. The molecule has 3 aromatic rings. The molecule has 0 unspecified atom stereocenters. The molecule has 1 heterocycles. The van der Waals surface area contributed by atoms with Gasteiger partial charge in [-0.15, -0.1) is 0 Å². The van der Waals surface area contributed by atoms with Crippen molar-refractivity contribution in [1.29, 1.82) is 0 Å². The average Bonchev–Trinajstić information content (AvgIpc) is 2.96. The lowest BCUT2D eigenvalue weighted by Gasteiger charge is -2.29. The highest BCUT2D eigenvalue weighted by Gasteiger charge is 2.37. The third kappa shape index (κ3) is 3.08. The summed E-state index contributed by atoms with van der Waals surface area (Å²) >= 11 is 6.05. The number of rotatable bonds is 4. The molecular formula is C23H21ClN2O. The zero-order valence-electron chi connectivity index (χ0n) is 15.4. The Labute approximate surface area is 164 Å². The molecule has 3 aromatic carbocycles. The van der Waals surface area contributed by atoms with Crippen LogP contribution in [0.2, 0.25) is 5.02 Å². The van der Waals surface area contributed by atoms with Gasteiger partial charge in [0, 0.05) is 27.5 Å². The van der Waals surface area contributed by atoms with E-state index in [1.165, 1.54) is 11.1 Å². The van der Waals surface area contributed by atoms with Crippen molar-refractivity contribution in [3.63, 3.8) is 0 Å². The molecule has 0 aromatic heterocycles. The van der Waals surface area contributed by atoms with E-state index in [9.17, 15) is 4.79 Å². The summed E-state index contributed by atoms with van der Waals surface area (Å²) < 4.78 is 0. The molecule has 0 radical (unpaired) electrons. The molecule has 0 saturated carbocycles. The van der Waals surface area contributed by atoms with E-state index < -0.39 is 0 Å². The monoisotopic (exact) mass is 376 g/mol. The first-order valence-corrected chi connectivity index (χ1v) is 9.51. The van der Waals surface area contributed by atoms with Crippen molar-refractivity contribution in [2.75, 3.05) is 10.2 Å². The van der Waals surface area contributed by atoms with E-state index in [1.54, 1.807) is 0 Å². The molecule has 0 bridgehead atoms. The predicted molar refractivity (Wildman–Crippen MR) is 112 cm³/mol. The number of amides is 1. The summed E-state index contributed by atoms with van der Waals surface area (Å²) in [5.74, 6) is -0.00273. The minimum absolute atomic E-state index is 0.00273. The van der Waals surface area contributed by atoms with Gasteiger partial charge in [-0.3, -0.25) is 9.69 Å². The number of carbonyl (C=O) groups is 1. The van der Waals surface area contributed by atoms with Crippen molar-refractivity contribution in [2.45, 2.75) is 26.4 Å². The lowest BCUT2D eigenvalue weighted by Crippen LogP contribution is -2.32. The number of hydrogen-bond acceptors (Lipinski definition) is 2. The van der Waals surface area contributed by atoms with Crippen molar-refractivity contribution >= 4 is 28.9 Å². The minimum Gasteiger partial charge on any atom is -0.361 e. The Morgan fingerprint density at radius 1 is 1.00 bits per heavy atom. The van der Waals surface area contributed by atoms with Crippen LogP contribution in [0.5, 0.6) is 0 Å². The zero-order valence-corrected chi connectivity index (χ0v) is 16.1. The summed E-state index contributed by atoms with van der Waals surface area (Å²) in [7, 11) is 0. The van der Waals surface area contributed by atoms with Gasteiger partial charge in [0.1, 0.15) is 6.17 Å². The second-order valence-electron chi connectivity index (χ2n) is 6.75. The van der Waals surface area contributed by atoms with E-state index in [0.717, 1.165) is 28.9 Å². The smallest absolute Gasteiger partial charge is 0.260 e. The van der Waals surface area contributed by atoms with Crippen molar-refractivity contribution in [1.82, 2.24) is 0 Å². The van der Waals surface area contributed by atoms with Crippen LogP contribution in [0.1, 0.15) is 40.1 Å². The summed E-state index contributed by atoms with van der Waals surface area (Å²) in [4.78, 5) is 15.0. The van der Waals surface area contributed by atoms with Gasteiger partial charge in [-0.05, 0) is 54.8 Å². The van der Waals surface area contributed by atoms with Gasteiger partial charge < -0.3 is 5.32 Å². The van der Waals surface area contributed by atoms with Crippen molar-refractivity contribution in [3.8, 4) is 0 Å². The van der Waals surface area contributed by atoms with Gasteiger partial charge in [0.15, 0.2) is 0 Å². The van der Waals surface area contributed by atoms with Crippen LogP contribution >= 0.6 is 11.6 Å². The molecule has 4 heteroatoms. The molecule has 0 spiro atoms. The average molecular weight is 377 g/mol. The number of carbonyl (C=O) groups excluding carboxylic acids is 1. The molecule has 1 atom stereocenters. The Bertz CT molecular complexity index is 998. The lowest BCUT2D eigenvalue weighted by atomic mass is 10.0. The standard InChI is InChI=1S/C23H21ClN2O/c1-3-16-8-6-7-15(2)21(16)25-22-19-9-4-5-10-20(19)23(27)26(22)18-13-11-17(24)12-14-18/h4-14,22,25H,3H2,1-2H3/t22-/m1/s1. The summed E-state index contributed by atoms with van der Waals surface area (Å²) in [5, 5.41) is 4.30. The number of fused-ring (bicyclic) bond motifs is 1. The highest BCUT2D eigenvalue weighted by atomic mass is 35.5. The van der Waals surface area contributed by atoms with Gasteiger partial charge >= 0.3 is 0 Å². The second-order valence-corrected chi connectivity index (χ2v) is 7.18. The van der Waals surface area contributed by atoms with Gasteiger partial charge in [-0.1, -0.05) is 54.9 Å². The van der Waals surface area contributed by atoms with E-state index >= 15 is 0 Å². The van der Waals surface area contributed by atoms with E-state index in [2.05, 4.69) is 37.4 Å². The van der Waals surface area contributed by atoms with E-state index in [4.69, 9.17) is 11.6 Å². The molecule has 0 fully saturated rings. The highest BCUT2D eigenvalue weighted by Crippen LogP contribution is 2.39. The first kappa shape index (κ1) is 17.6. The SMILES string of the molecule is CCc1cccc(C)c1N[C@H]1c2ccccc2C(=O)N1c1ccc(Cl)cc1. The van der Waals surface area contributed by atoms with E-state index in [0.29, 0.717) is 5.02 Å². The molecule has 136 valence electrons. The maximum Gasteiger partial charge on any atom is 0.260 e.